The van der Waals surface area contributed by atoms with Crippen LogP contribution >= 0.6 is 0 Å². The summed E-state index contributed by atoms with van der Waals surface area (Å²) in [6.07, 6.45) is 1.21. The molecule has 0 amide bonds. The number of carbonyl (C=O) groups is 2. The Morgan fingerprint density at radius 1 is 0.966 bits per heavy atom. The second-order valence-corrected chi connectivity index (χ2v) is 6.31. The molecule has 0 aliphatic heterocycles. The minimum Gasteiger partial charge on any atom is -0.508 e. The van der Waals surface area contributed by atoms with Gasteiger partial charge in [-0.15, -0.1) is 0 Å². The molecule has 0 saturated carbocycles. The van der Waals surface area contributed by atoms with Gasteiger partial charge < -0.3 is 30.8 Å². The summed E-state index contributed by atoms with van der Waals surface area (Å²) in [6, 6.07) is 14.5. The number of aliphatic carboxylic acids is 2. The fourth-order valence-corrected chi connectivity index (χ4v) is 2.42. The average molecular weight is 403 g/mol. The Kier molecular flexibility index (Phi) is 9.94. The fraction of sp³-hybridized carbons (Fsp3) is 0.238. The van der Waals surface area contributed by atoms with E-state index in [4.69, 9.17) is 10.2 Å². The van der Waals surface area contributed by atoms with E-state index >= 15 is 0 Å². The lowest BCUT2D eigenvalue weighted by Gasteiger charge is -2.18. The van der Waals surface area contributed by atoms with Gasteiger partial charge in [0.1, 0.15) is 11.5 Å². The van der Waals surface area contributed by atoms with Crippen LogP contribution in [0.15, 0.2) is 60.7 Å². The number of aliphatic hydroxyl groups is 1. The zero-order chi connectivity index (χ0) is 21.8. The van der Waals surface area contributed by atoms with Gasteiger partial charge in [-0.05, 0) is 36.6 Å². The summed E-state index contributed by atoms with van der Waals surface area (Å²) in [6.45, 7) is 2.41. The van der Waals surface area contributed by atoms with Gasteiger partial charge in [-0.25, -0.2) is 9.59 Å². The zero-order valence-electron chi connectivity index (χ0n) is 15.9. The van der Waals surface area contributed by atoms with Gasteiger partial charge in [0, 0.05) is 30.8 Å². The highest BCUT2D eigenvalue weighted by Gasteiger charge is 2.11. The smallest absolute Gasteiger partial charge is 0.328 e. The molecule has 0 aliphatic carbocycles. The summed E-state index contributed by atoms with van der Waals surface area (Å²) in [4.78, 5) is 19.1. The Bertz CT molecular complexity index is 785. The average Bonchev–Trinajstić information content (AvgIpc) is 2.65. The fourth-order valence-electron chi connectivity index (χ4n) is 2.42. The standard InChI is InChI=1S/C17H21NO3.C4H4O4/c1-12(7-13-5-3-2-4-6-13)18-11-17(21)14-8-15(19)10-16(20)9-14;5-3(6)1-2-4(7)8/h2-6,8-10,12,17-21H,7,11H2,1H3;1-2H,(H,5,6)(H,7,8)/t12-,17-;/m1./s1. The van der Waals surface area contributed by atoms with E-state index in [0.717, 1.165) is 6.42 Å². The number of aliphatic hydroxyl groups excluding tert-OH is 1. The van der Waals surface area contributed by atoms with Crippen LogP contribution < -0.4 is 5.32 Å². The lowest BCUT2D eigenvalue weighted by Crippen LogP contribution is -2.32. The van der Waals surface area contributed by atoms with Crippen LogP contribution in [0.2, 0.25) is 0 Å². The molecule has 156 valence electrons. The highest BCUT2D eigenvalue weighted by molar-refractivity contribution is 5.89. The lowest BCUT2D eigenvalue weighted by atomic mass is 10.1. The number of nitrogens with one attached hydrogen (secondary N) is 1. The summed E-state index contributed by atoms with van der Waals surface area (Å²) in [5, 5.41) is 47.8. The topological polar surface area (TPSA) is 147 Å². The van der Waals surface area contributed by atoms with Crippen molar-refractivity contribution in [3.8, 4) is 11.5 Å². The van der Waals surface area contributed by atoms with E-state index < -0.39 is 18.0 Å². The summed E-state index contributed by atoms with van der Waals surface area (Å²) < 4.78 is 0. The summed E-state index contributed by atoms with van der Waals surface area (Å²) in [5.41, 5.74) is 1.73. The minimum absolute atomic E-state index is 0.0543. The molecule has 2 rings (SSSR count). The Labute approximate surface area is 168 Å². The Morgan fingerprint density at radius 3 is 1.97 bits per heavy atom. The Balaban J connectivity index is 0.000000447. The monoisotopic (exact) mass is 403 g/mol. The molecule has 0 aromatic heterocycles. The number of phenols is 2. The van der Waals surface area contributed by atoms with Gasteiger partial charge in [-0.2, -0.15) is 0 Å². The molecule has 6 N–H and O–H groups in total. The SMILES string of the molecule is C[C@H](Cc1ccccc1)NC[C@@H](O)c1cc(O)cc(O)c1.O=C(O)C=CC(=O)O. The molecule has 2 aromatic carbocycles. The molecule has 0 bridgehead atoms. The molecule has 0 fully saturated rings. The highest BCUT2D eigenvalue weighted by atomic mass is 16.4. The third-order valence-corrected chi connectivity index (χ3v) is 3.72. The second-order valence-electron chi connectivity index (χ2n) is 6.31. The van der Waals surface area contributed by atoms with Crippen LogP contribution in [0, 0.1) is 0 Å². The Morgan fingerprint density at radius 2 is 1.48 bits per heavy atom. The van der Waals surface area contributed by atoms with Gasteiger partial charge in [-0.3, -0.25) is 0 Å². The lowest BCUT2D eigenvalue weighted by molar-refractivity contribution is -0.134. The first-order chi connectivity index (χ1) is 13.7. The van der Waals surface area contributed by atoms with E-state index in [1.54, 1.807) is 0 Å². The molecule has 2 atom stereocenters. The van der Waals surface area contributed by atoms with Crippen LogP contribution in [-0.4, -0.2) is 50.1 Å². The predicted octanol–water partition coefficient (Wildman–Crippen LogP) is 2.06. The van der Waals surface area contributed by atoms with Gasteiger partial charge in [0.15, 0.2) is 0 Å². The van der Waals surface area contributed by atoms with Crippen LogP contribution in [0.3, 0.4) is 0 Å². The molecule has 0 radical (unpaired) electrons. The van der Waals surface area contributed by atoms with Crippen molar-refractivity contribution in [2.75, 3.05) is 6.54 Å². The molecular formula is C21H25NO7. The number of carboxylic acids is 2. The first-order valence-corrected chi connectivity index (χ1v) is 8.79. The molecule has 8 heteroatoms. The molecular weight excluding hydrogens is 378 g/mol. The van der Waals surface area contributed by atoms with Gasteiger partial charge in [0.2, 0.25) is 0 Å². The maximum absolute atomic E-state index is 10.1. The van der Waals surface area contributed by atoms with Crippen molar-refractivity contribution >= 4 is 11.9 Å². The van der Waals surface area contributed by atoms with Crippen LogP contribution in [0.25, 0.3) is 0 Å². The number of rotatable bonds is 8. The van der Waals surface area contributed by atoms with Crippen molar-refractivity contribution in [3.05, 3.63) is 71.8 Å². The molecule has 0 spiro atoms. The third-order valence-electron chi connectivity index (χ3n) is 3.72. The number of carboxylic acid groups (broad SMARTS) is 2. The zero-order valence-corrected chi connectivity index (χ0v) is 15.9. The van der Waals surface area contributed by atoms with Crippen molar-refractivity contribution in [3.63, 3.8) is 0 Å². The van der Waals surface area contributed by atoms with Crippen LogP contribution in [0.1, 0.15) is 24.2 Å². The van der Waals surface area contributed by atoms with E-state index in [9.17, 15) is 24.9 Å². The Hall–Kier alpha value is -3.36. The largest absolute Gasteiger partial charge is 0.508 e. The van der Waals surface area contributed by atoms with Gasteiger partial charge in [-0.1, -0.05) is 30.3 Å². The van der Waals surface area contributed by atoms with Gasteiger partial charge in [0.25, 0.3) is 0 Å². The van der Waals surface area contributed by atoms with Crippen LogP contribution in [0.5, 0.6) is 11.5 Å². The molecule has 0 unspecified atom stereocenters. The number of aromatic hydroxyl groups is 2. The second kappa shape index (κ2) is 12.2. The van der Waals surface area contributed by atoms with Crippen molar-refractivity contribution in [1.82, 2.24) is 5.32 Å². The number of hydrogen-bond donors (Lipinski definition) is 6. The molecule has 0 aliphatic rings. The van der Waals surface area contributed by atoms with Crippen molar-refractivity contribution in [1.29, 1.82) is 0 Å². The maximum Gasteiger partial charge on any atom is 0.328 e. The summed E-state index contributed by atoms with van der Waals surface area (Å²) in [7, 11) is 0. The first kappa shape index (κ1) is 23.7. The van der Waals surface area contributed by atoms with E-state index in [2.05, 4.69) is 24.4 Å². The normalized spacial score (nSPS) is 12.6. The van der Waals surface area contributed by atoms with Crippen molar-refractivity contribution < 1.29 is 35.1 Å². The number of benzene rings is 2. The van der Waals surface area contributed by atoms with E-state index in [-0.39, 0.29) is 17.5 Å². The minimum atomic E-state index is -1.26. The van der Waals surface area contributed by atoms with Gasteiger partial charge in [0.05, 0.1) is 6.10 Å². The summed E-state index contributed by atoms with van der Waals surface area (Å²) >= 11 is 0. The predicted molar refractivity (Wildman–Crippen MR) is 107 cm³/mol. The van der Waals surface area contributed by atoms with Crippen molar-refractivity contribution in [2.45, 2.75) is 25.5 Å². The third kappa shape index (κ3) is 10.5. The highest BCUT2D eigenvalue weighted by Crippen LogP contribution is 2.24. The van der Waals surface area contributed by atoms with Crippen LogP contribution in [-0.2, 0) is 16.0 Å². The van der Waals surface area contributed by atoms with Gasteiger partial charge >= 0.3 is 11.9 Å². The van der Waals surface area contributed by atoms with E-state index in [1.807, 2.05) is 18.2 Å². The number of hydrogen-bond acceptors (Lipinski definition) is 6. The number of phenolic OH excluding ortho intramolecular Hbond substituents is 2. The first-order valence-electron chi connectivity index (χ1n) is 8.79. The molecule has 29 heavy (non-hydrogen) atoms. The summed E-state index contributed by atoms with van der Waals surface area (Å²) in [5.74, 6) is -2.62. The quantitative estimate of drug-likeness (QED) is 0.367. The van der Waals surface area contributed by atoms with Crippen LogP contribution in [0.4, 0.5) is 0 Å². The van der Waals surface area contributed by atoms with E-state index in [1.165, 1.54) is 23.8 Å². The molecule has 0 saturated heterocycles. The maximum atomic E-state index is 10.1. The molecule has 2 aromatic rings. The van der Waals surface area contributed by atoms with Crippen molar-refractivity contribution in [2.24, 2.45) is 0 Å². The molecule has 8 nitrogen and oxygen atoms in total. The molecule has 0 heterocycles. The van der Waals surface area contributed by atoms with E-state index in [0.29, 0.717) is 24.3 Å².